The molecule has 1 N–H and O–H groups in total. The van der Waals surface area contributed by atoms with Crippen molar-refractivity contribution in [2.75, 3.05) is 12.3 Å². The minimum Gasteiger partial charge on any atom is -0.733 e. The summed E-state index contributed by atoms with van der Waals surface area (Å²) >= 11 is 0. The van der Waals surface area contributed by atoms with E-state index >= 15 is 0 Å². The van der Waals surface area contributed by atoms with E-state index in [2.05, 4.69) is 4.18 Å². The van der Waals surface area contributed by atoms with Gasteiger partial charge in [-0.1, -0.05) is 0 Å². The highest BCUT2D eigenvalue weighted by molar-refractivity contribution is 7.86. The zero-order valence-corrected chi connectivity index (χ0v) is 8.06. The van der Waals surface area contributed by atoms with Crippen LogP contribution in [-0.2, 0) is 14.3 Å². The fourth-order valence-corrected chi connectivity index (χ4v) is 1.50. The zero-order valence-electron chi connectivity index (χ0n) is 7.25. The topological polar surface area (TPSA) is 89.9 Å². The van der Waals surface area contributed by atoms with E-state index in [1.165, 1.54) is 12.1 Å². The van der Waals surface area contributed by atoms with Crippen LogP contribution in [-0.4, -0.2) is 20.7 Å². The van der Waals surface area contributed by atoms with Gasteiger partial charge in [0.25, 0.3) is 10.1 Å². The molecule has 0 saturated carbocycles. The molecular weight excluding hydrogens is 210 g/mol. The van der Waals surface area contributed by atoms with Crippen LogP contribution in [0.5, 0.6) is 0 Å². The molecule has 0 aliphatic carbocycles. The molecule has 0 amide bonds. The van der Waals surface area contributed by atoms with E-state index in [4.69, 9.17) is 5.21 Å². The standard InChI is InChI=1S/C7H8NO5S/c1-13-14(11,12)7-4-2-6(3-5-7)8(9)10/h2-5,9H,1H3/q-1. The highest BCUT2D eigenvalue weighted by Crippen LogP contribution is 2.17. The molecule has 0 unspecified atom stereocenters. The van der Waals surface area contributed by atoms with Crippen LogP contribution in [0.25, 0.3) is 0 Å². The summed E-state index contributed by atoms with van der Waals surface area (Å²) in [6.45, 7) is 0. The minimum absolute atomic E-state index is 0.0555. The van der Waals surface area contributed by atoms with Gasteiger partial charge in [-0.15, -0.1) is 0 Å². The van der Waals surface area contributed by atoms with E-state index in [9.17, 15) is 13.6 Å². The lowest BCUT2D eigenvalue weighted by Gasteiger charge is -2.21. The Hall–Kier alpha value is -1.15. The Morgan fingerprint density at radius 3 is 2.21 bits per heavy atom. The molecule has 1 aromatic rings. The van der Waals surface area contributed by atoms with E-state index in [1.807, 2.05) is 0 Å². The molecular formula is C7H8NO5S-. The van der Waals surface area contributed by atoms with Crippen LogP contribution in [0.1, 0.15) is 0 Å². The number of rotatable bonds is 3. The Balaban J connectivity index is 3.06. The van der Waals surface area contributed by atoms with Gasteiger partial charge in [-0.2, -0.15) is 8.42 Å². The van der Waals surface area contributed by atoms with Crippen LogP contribution in [0.4, 0.5) is 5.69 Å². The highest BCUT2D eigenvalue weighted by Gasteiger charge is 2.11. The molecule has 7 heteroatoms. The summed E-state index contributed by atoms with van der Waals surface area (Å²) < 4.78 is 26.5. The quantitative estimate of drug-likeness (QED) is 0.593. The molecule has 1 rings (SSSR count). The molecule has 6 nitrogen and oxygen atoms in total. The Bertz CT molecular complexity index is 397. The first kappa shape index (κ1) is 10.9. The van der Waals surface area contributed by atoms with Crippen LogP contribution < -0.4 is 5.23 Å². The van der Waals surface area contributed by atoms with Crippen molar-refractivity contribution in [1.82, 2.24) is 0 Å². The minimum atomic E-state index is -3.74. The summed E-state index contributed by atoms with van der Waals surface area (Å²) in [4.78, 5) is -0.0781. The van der Waals surface area contributed by atoms with Crippen molar-refractivity contribution >= 4 is 15.8 Å². The molecule has 0 heterocycles. The summed E-state index contributed by atoms with van der Waals surface area (Å²) in [7, 11) is -2.71. The van der Waals surface area contributed by atoms with Gasteiger partial charge in [0.1, 0.15) is 0 Å². The van der Waals surface area contributed by atoms with Gasteiger partial charge in [0.2, 0.25) is 0 Å². The molecule has 0 aromatic heterocycles. The SMILES string of the molecule is COS(=O)(=O)c1ccc(N([O-])O)cc1. The third-order valence-electron chi connectivity index (χ3n) is 1.57. The van der Waals surface area contributed by atoms with E-state index in [1.54, 1.807) is 0 Å². The lowest BCUT2D eigenvalue weighted by atomic mass is 10.3. The van der Waals surface area contributed by atoms with Crippen LogP contribution >= 0.6 is 0 Å². The maximum Gasteiger partial charge on any atom is 0.296 e. The van der Waals surface area contributed by atoms with Gasteiger partial charge in [0, 0.05) is 0 Å². The maximum absolute atomic E-state index is 11.1. The van der Waals surface area contributed by atoms with Gasteiger partial charge >= 0.3 is 0 Å². The first-order valence-corrected chi connectivity index (χ1v) is 4.95. The molecule has 0 fully saturated rings. The second-order valence-corrected chi connectivity index (χ2v) is 4.10. The van der Waals surface area contributed by atoms with Crippen LogP contribution in [0.2, 0.25) is 0 Å². The van der Waals surface area contributed by atoms with Crippen LogP contribution in [0.15, 0.2) is 29.2 Å². The van der Waals surface area contributed by atoms with Gasteiger partial charge in [0.05, 0.1) is 17.7 Å². The lowest BCUT2D eigenvalue weighted by molar-refractivity contribution is 0.296. The van der Waals surface area contributed by atoms with Gasteiger partial charge in [-0.3, -0.25) is 9.39 Å². The third-order valence-corrected chi connectivity index (χ3v) is 2.85. The smallest absolute Gasteiger partial charge is 0.296 e. The van der Waals surface area contributed by atoms with Crippen molar-refractivity contribution in [3.05, 3.63) is 29.5 Å². The van der Waals surface area contributed by atoms with Crippen molar-refractivity contribution in [3.8, 4) is 0 Å². The van der Waals surface area contributed by atoms with Gasteiger partial charge < -0.3 is 10.4 Å². The van der Waals surface area contributed by atoms with E-state index in [0.717, 1.165) is 19.2 Å². The maximum atomic E-state index is 11.1. The number of hydrogen-bond acceptors (Lipinski definition) is 6. The van der Waals surface area contributed by atoms with Gasteiger partial charge in [0.15, 0.2) is 0 Å². The summed E-state index contributed by atoms with van der Waals surface area (Å²) in [6, 6.07) is 4.66. The lowest BCUT2D eigenvalue weighted by Crippen LogP contribution is -2.08. The molecule has 0 saturated heterocycles. The Morgan fingerprint density at radius 2 is 1.86 bits per heavy atom. The largest absolute Gasteiger partial charge is 0.733 e. The molecule has 0 aliphatic rings. The van der Waals surface area contributed by atoms with Gasteiger partial charge in [-0.05, 0) is 24.3 Å². The number of anilines is 1. The molecule has 14 heavy (non-hydrogen) atoms. The van der Waals surface area contributed by atoms with E-state index in [-0.39, 0.29) is 15.8 Å². The van der Waals surface area contributed by atoms with Crippen molar-refractivity contribution in [3.63, 3.8) is 0 Å². The Morgan fingerprint density at radius 1 is 1.36 bits per heavy atom. The van der Waals surface area contributed by atoms with Gasteiger partial charge in [-0.25, -0.2) is 0 Å². The molecule has 0 bridgehead atoms. The number of hydrogen-bond donors (Lipinski definition) is 1. The Labute approximate surface area is 81.0 Å². The summed E-state index contributed by atoms with van der Waals surface area (Å²) in [5.74, 6) is 0. The second kappa shape index (κ2) is 3.93. The second-order valence-electron chi connectivity index (χ2n) is 2.39. The average Bonchev–Trinajstić information content (AvgIpc) is 2.18. The van der Waals surface area contributed by atoms with Crippen molar-refractivity contribution < 1.29 is 17.8 Å². The summed E-state index contributed by atoms with van der Waals surface area (Å²) in [5.41, 5.74) is -0.0555. The number of nitrogens with zero attached hydrogens (tertiary/aromatic N) is 1. The molecule has 0 aliphatic heterocycles. The first-order valence-electron chi connectivity index (χ1n) is 3.54. The van der Waals surface area contributed by atoms with Crippen LogP contribution in [0.3, 0.4) is 0 Å². The molecule has 78 valence electrons. The van der Waals surface area contributed by atoms with Crippen LogP contribution in [0, 0.1) is 5.21 Å². The third kappa shape index (κ3) is 2.20. The van der Waals surface area contributed by atoms with Crippen molar-refractivity contribution in [2.45, 2.75) is 4.90 Å². The molecule has 1 aromatic carbocycles. The molecule has 0 atom stereocenters. The predicted molar refractivity (Wildman–Crippen MR) is 48.3 cm³/mol. The first-order chi connectivity index (χ1) is 6.47. The zero-order chi connectivity index (χ0) is 10.8. The van der Waals surface area contributed by atoms with E-state index < -0.39 is 10.1 Å². The molecule has 0 radical (unpaired) electrons. The number of benzene rings is 1. The Kier molecular flexibility index (Phi) is 3.06. The van der Waals surface area contributed by atoms with Crippen molar-refractivity contribution in [1.29, 1.82) is 0 Å². The monoisotopic (exact) mass is 218 g/mol. The normalized spacial score (nSPS) is 11.4. The highest BCUT2D eigenvalue weighted by atomic mass is 32.2. The fourth-order valence-electron chi connectivity index (χ4n) is 0.837. The average molecular weight is 218 g/mol. The molecule has 0 spiro atoms. The summed E-state index contributed by atoms with van der Waals surface area (Å²) in [5, 5.41) is 18.5. The summed E-state index contributed by atoms with van der Waals surface area (Å²) in [6.07, 6.45) is 0. The van der Waals surface area contributed by atoms with E-state index in [0.29, 0.717) is 0 Å². The predicted octanol–water partition coefficient (Wildman–Crippen LogP) is 0.715. The fraction of sp³-hybridized carbons (Fsp3) is 0.143. The van der Waals surface area contributed by atoms with Crippen molar-refractivity contribution in [2.24, 2.45) is 0 Å².